The number of nitrogens with one attached hydrogen (secondary N) is 4. The summed E-state index contributed by atoms with van der Waals surface area (Å²) >= 11 is 0. The number of morpholine rings is 2. The second-order valence-electron chi connectivity index (χ2n) is 13.1. The molecule has 2 aliphatic rings. The first kappa shape index (κ1) is 63.2. The van der Waals surface area contributed by atoms with Gasteiger partial charge in [0.05, 0.1) is 68.0 Å². The average Bonchev–Trinajstić information content (AvgIpc) is 3.19. The van der Waals surface area contributed by atoms with Crippen molar-refractivity contribution in [2.45, 2.75) is 9.79 Å². The molecule has 4 N–H and O–H groups in total. The molecular formula is C32H36K4N12O14S4. The van der Waals surface area contributed by atoms with E-state index in [0.717, 1.165) is 24.3 Å². The number of nitrogens with zero attached hydrogens (tertiary/aromatic N) is 8. The Morgan fingerprint density at radius 3 is 1.17 bits per heavy atom. The van der Waals surface area contributed by atoms with E-state index in [-0.39, 0.29) is 277 Å². The summed E-state index contributed by atoms with van der Waals surface area (Å²) in [5.74, 6) is -1.79. The fraction of sp³-hybridized carbons (Fsp3) is 0.375. The predicted molar refractivity (Wildman–Crippen MR) is 216 cm³/mol. The molecule has 0 aliphatic carbocycles. The quantitative estimate of drug-likeness (QED) is 0.0408. The Labute approximate surface area is 550 Å². The number of anilines is 8. The van der Waals surface area contributed by atoms with E-state index in [4.69, 9.17) is 9.47 Å². The molecule has 26 nitrogen and oxygen atoms in total. The minimum absolute atomic E-state index is 0. The maximum atomic E-state index is 12.5. The minimum atomic E-state index is -5.21. The smallest absolute Gasteiger partial charge is 0.748 e. The third kappa shape index (κ3) is 20.5. The molecule has 2 aliphatic heterocycles. The molecule has 4 heterocycles. The van der Waals surface area contributed by atoms with Gasteiger partial charge in [0.25, 0.3) is 0 Å². The van der Waals surface area contributed by atoms with Gasteiger partial charge in [-0.05, 0) is 35.4 Å². The first-order valence-electron chi connectivity index (χ1n) is 18.1. The van der Waals surface area contributed by atoms with Crippen LogP contribution in [0.25, 0.3) is 12.2 Å². The molecule has 2 saturated heterocycles. The molecule has 336 valence electrons. The van der Waals surface area contributed by atoms with Crippen LogP contribution in [0, 0.1) is 0 Å². The van der Waals surface area contributed by atoms with Crippen LogP contribution in [0.3, 0.4) is 0 Å². The van der Waals surface area contributed by atoms with Crippen LogP contribution in [0.1, 0.15) is 11.1 Å². The van der Waals surface area contributed by atoms with Crippen molar-refractivity contribution in [3.63, 3.8) is 0 Å². The van der Waals surface area contributed by atoms with Gasteiger partial charge in [0, 0.05) is 50.6 Å². The van der Waals surface area contributed by atoms with Gasteiger partial charge in [0.2, 0.25) is 35.7 Å². The van der Waals surface area contributed by atoms with Crippen molar-refractivity contribution in [1.29, 1.82) is 0 Å². The number of ether oxygens (including phenoxy) is 2. The summed E-state index contributed by atoms with van der Waals surface area (Å²) in [7, 11) is -19.5. The van der Waals surface area contributed by atoms with Gasteiger partial charge in [0.15, 0.2) is 0 Å². The van der Waals surface area contributed by atoms with Crippen molar-refractivity contribution in [2.24, 2.45) is 0 Å². The second-order valence-corrected chi connectivity index (χ2v) is 18.9. The molecule has 0 radical (unpaired) electrons. The Hall–Kier alpha value is 1.11. The SMILES string of the molecule is O=S(=O)([O-])CCNc1nc(Nc2ccc(C=Cc3ccc(Nc4nc(NCCS(=O)(=O)[O-])nc(N5CCOCC5)n4)cc3S(=O)(=O)[O-])c(S(=O)(=O)[O-])c2)nc(N2CCOCC2)n1.[K+].[K+].[K+].[K+]. The predicted octanol–water partition coefficient (Wildman–Crippen LogP) is -12.9. The van der Waals surface area contributed by atoms with Gasteiger partial charge in [-0.3, -0.25) is 0 Å². The number of rotatable bonds is 18. The number of hydrogen-bond acceptors (Lipinski definition) is 26. The molecule has 0 saturated carbocycles. The molecule has 6 rings (SSSR count). The molecule has 4 aromatic rings. The molecule has 0 atom stereocenters. The summed E-state index contributed by atoms with van der Waals surface area (Å²) in [6.45, 7) is 2.33. The summed E-state index contributed by atoms with van der Waals surface area (Å²) in [6, 6.07) is 7.09. The summed E-state index contributed by atoms with van der Waals surface area (Å²) in [4.78, 5) is 27.5. The molecule has 2 fully saturated rings. The van der Waals surface area contributed by atoms with Gasteiger partial charge in [-0.2, -0.15) is 29.9 Å². The molecule has 0 amide bonds. The summed E-state index contributed by atoms with van der Waals surface area (Å²) in [6.07, 6.45) is 2.22. The van der Waals surface area contributed by atoms with Gasteiger partial charge < -0.3 is 58.8 Å². The van der Waals surface area contributed by atoms with Gasteiger partial charge in [-0.15, -0.1) is 0 Å². The zero-order valence-corrected chi connectivity index (χ0v) is 51.8. The van der Waals surface area contributed by atoms with E-state index in [1.807, 2.05) is 0 Å². The maximum absolute atomic E-state index is 12.5. The number of hydrogen-bond donors (Lipinski definition) is 4. The third-order valence-electron chi connectivity index (χ3n) is 8.63. The van der Waals surface area contributed by atoms with Gasteiger partial charge in [-0.1, -0.05) is 24.3 Å². The first-order valence-corrected chi connectivity index (χ1v) is 24.1. The van der Waals surface area contributed by atoms with Crippen LogP contribution in [0.15, 0.2) is 46.2 Å². The monoisotopic (exact) mass is 1100 g/mol. The van der Waals surface area contributed by atoms with Crippen molar-refractivity contribution >= 4 is 99.7 Å². The van der Waals surface area contributed by atoms with E-state index in [2.05, 4.69) is 51.2 Å². The van der Waals surface area contributed by atoms with Gasteiger partial charge in [0.1, 0.15) is 20.2 Å². The third-order valence-corrected chi connectivity index (χ3v) is 11.8. The Bertz CT molecular complexity index is 2590. The van der Waals surface area contributed by atoms with Gasteiger partial charge >= 0.3 is 206 Å². The standard InChI is InChI=1S/C32H40N12O14S4.4K/c45-59(46,47)17-7-33-27-37-29(41-31(39-27)43-9-13-57-14-10-43)35-23-5-3-21(25(19-23)61(51,52)53)1-2-22-4-6-24(20-26(22)62(54,55)56)36-30-38-28(34-8-18-60(48,49)50)40-32(42-30)44-11-15-58-16-12-44;;;;/h1-6,19-20H,7-18H2,(H,45,46,47)(H,48,49,50)(H,51,52,53)(H,54,55,56)(H2,33,35,37,39,41)(H2,34,36,38,40,42);;;;/q;4*+1/p-4. The second kappa shape index (κ2) is 28.5. The normalized spacial score (nSPS) is 14.5. The van der Waals surface area contributed by atoms with Crippen LogP contribution in [0.5, 0.6) is 0 Å². The van der Waals surface area contributed by atoms with Crippen LogP contribution < -0.4 is 237 Å². The summed E-state index contributed by atoms with van der Waals surface area (Å²) in [5, 5.41) is 10.8. The fourth-order valence-electron chi connectivity index (χ4n) is 5.76. The zero-order chi connectivity index (χ0) is 44.7. The fourth-order valence-corrected chi connectivity index (χ4v) is 7.85. The van der Waals surface area contributed by atoms with Crippen molar-refractivity contribution < 1.29 is 267 Å². The Morgan fingerprint density at radius 1 is 0.515 bits per heavy atom. The Morgan fingerprint density at radius 2 is 0.848 bits per heavy atom. The molecule has 66 heavy (non-hydrogen) atoms. The van der Waals surface area contributed by atoms with Crippen molar-refractivity contribution in [1.82, 2.24) is 29.9 Å². The van der Waals surface area contributed by atoms with E-state index in [1.165, 1.54) is 24.3 Å². The van der Waals surface area contributed by atoms with Crippen LogP contribution in [-0.4, -0.2) is 159 Å². The van der Waals surface area contributed by atoms with Crippen LogP contribution in [-0.2, 0) is 49.9 Å². The van der Waals surface area contributed by atoms with Crippen molar-refractivity contribution in [3.05, 3.63) is 47.5 Å². The van der Waals surface area contributed by atoms with Crippen LogP contribution in [0.2, 0.25) is 0 Å². The number of aromatic nitrogens is 6. The van der Waals surface area contributed by atoms with E-state index < -0.39 is 61.8 Å². The molecular weight excluding hydrogens is 1060 g/mol. The van der Waals surface area contributed by atoms with E-state index in [0.29, 0.717) is 52.6 Å². The van der Waals surface area contributed by atoms with Crippen LogP contribution >= 0.6 is 0 Å². The molecule has 0 spiro atoms. The largest absolute Gasteiger partial charge is 1.00 e. The molecule has 0 unspecified atom stereocenters. The van der Waals surface area contributed by atoms with E-state index in [1.54, 1.807) is 9.80 Å². The van der Waals surface area contributed by atoms with E-state index >= 15 is 0 Å². The molecule has 2 aromatic carbocycles. The zero-order valence-electron chi connectivity index (χ0n) is 36.0. The van der Waals surface area contributed by atoms with Crippen LogP contribution in [0.4, 0.5) is 47.1 Å². The molecule has 34 heteroatoms. The van der Waals surface area contributed by atoms with E-state index in [9.17, 15) is 51.9 Å². The topological polar surface area (TPSA) is 379 Å². The summed E-state index contributed by atoms with van der Waals surface area (Å²) < 4.78 is 152. The molecule has 2 aromatic heterocycles. The van der Waals surface area contributed by atoms with Crippen molar-refractivity contribution in [2.75, 3.05) is 108 Å². The maximum Gasteiger partial charge on any atom is 1.00 e. The number of benzene rings is 2. The van der Waals surface area contributed by atoms with Crippen molar-refractivity contribution in [3.8, 4) is 0 Å². The van der Waals surface area contributed by atoms with Gasteiger partial charge in [-0.25, -0.2) is 33.7 Å². The summed E-state index contributed by atoms with van der Waals surface area (Å²) in [5.41, 5.74) is -0.381. The minimum Gasteiger partial charge on any atom is -0.748 e. The Balaban J connectivity index is 0.00000374. The average molecular weight is 1100 g/mol. The first-order chi connectivity index (χ1) is 29.2. The molecule has 0 bridgehead atoms. The Kier molecular flexibility index (Phi) is 27.3.